The van der Waals surface area contributed by atoms with Gasteiger partial charge in [0.25, 0.3) is 10.2 Å². The predicted molar refractivity (Wildman–Crippen MR) is 85.4 cm³/mol. The van der Waals surface area contributed by atoms with Crippen molar-refractivity contribution in [2.45, 2.75) is 32.2 Å². The fourth-order valence-corrected chi connectivity index (χ4v) is 4.04. The second kappa shape index (κ2) is 7.80. The van der Waals surface area contributed by atoms with E-state index in [9.17, 15) is 8.42 Å². The Kier molecular flexibility index (Phi) is 6.05. The molecule has 22 heavy (non-hydrogen) atoms. The predicted octanol–water partition coefficient (Wildman–Crippen LogP) is 1.78. The number of nitrogens with zero attached hydrogens (tertiary/aromatic N) is 1. The zero-order valence-corrected chi connectivity index (χ0v) is 13.9. The van der Waals surface area contributed by atoms with Gasteiger partial charge in [-0.3, -0.25) is 0 Å². The quantitative estimate of drug-likeness (QED) is 0.775. The van der Waals surface area contributed by atoms with E-state index in [1.807, 2.05) is 19.1 Å². The second-order valence-corrected chi connectivity index (χ2v) is 7.06. The normalized spacial score (nSPS) is 19.8. The highest BCUT2D eigenvalue weighted by Gasteiger charge is 2.28. The highest BCUT2D eigenvalue weighted by Crippen LogP contribution is 2.25. The van der Waals surface area contributed by atoms with E-state index in [2.05, 4.69) is 4.72 Å². The lowest BCUT2D eigenvalue weighted by Crippen LogP contribution is -2.48. The number of methoxy groups -OCH3 is 1. The molecule has 0 amide bonds. The molecular weight excluding hydrogens is 304 g/mol. The van der Waals surface area contributed by atoms with Gasteiger partial charge in [-0.1, -0.05) is 18.6 Å². The molecule has 0 bridgehead atoms. The summed E-state index contributed by atoms with van der Waals surface area (Å²) < 4.78 is 39.4. The number of rotatable bonds is 7. The van der Waals surface area contributed by atoms with E-state index in [0.717, 1.165) is 19.3 Å². The van der Waals surface area contributed by atoms with Crippen LogP contribution in [0.1, 0.15) is 26.2 Å². The molecule has 0 aromatic heterocycles. The second-order valence-electron chi connectivity index (χ2n) is 5.35. The summed E-state index contributed by atoms with van der Waals surface area (Å²) in [5.41, 5.74) is 0. The van der Waals surface area contributed by atoms with Gasteiger partial charge in [0.15, 0.2) is 11.5 Å². The fraction of sp³-hybridized carbons (Fsp3) is 0.600. The minimum Gasteiger partial charge on any atom is -0.493 e. The smallest absolute Gasteiger partial charge is 0.279 e. The van der Waals surface area contributed by atoms with E-state index in [-0.39, 0.29) is 19.2 Å². The molecule has 1 N–H and O–H groups in total. The molecule has 1 fully saturated rings. The minimum absolute atomic E-state index is 0.0568. The van der Waals surface area contributed by atoms with Crippen LogP contribution in [0.25, 0.3) is 0 Å². The van der Waals surface area contributed by atoms with Gasteiger partial charge < -0.3 is 9.47 Å². The topological polar surface area (TPSA) is 67.9 Å². The van der Waals surface area contributed by atoms with Gasteiger partial charge in [0.05, 0.1) is 7.11 Å². The maximum absolute atomic E-state index is 12.3. The molecule has 124 valence electrons. The Morgan fingerprint density at radius 2 is 2.00 bits per heavy atom. The van der Waals surface area contributed by atoms with Crippen LogP contribution in [0.15, 0.2) is 24.3 Å². The molecule has 0 radical (unpaired) electrons. The van der Waals surface area contributed by atoms with Gasteiger partial charge in [-0.25, -0.2) is 0 Å². The highest BCUT2D eigenvalue weighted by molar-refractivity contribution is 7.87. The molecule has 7 heteroatoms. The van der Waals surface area contributed by atoms with E-state index in [4.69, 9.17) is 9.47 Å². The lowest BCUT2D eigenvalue weighted by Gasteiger charge is -2.32. The Morgan fingerprint density at radius 3 is 2.68 bits per heavy atom. The number of para-hydroxylation sites is 2. The lowest BCUT2D eigenvalue weighted by atomic mass is 10.1. The zero-order chi connectivity index (χ0) is 16.0. The maximum atomic E-state index is 12.3. The average Bonchev–Trinajstić information content (AvgIpc) is 2.52. The third-order valence-electron chi connectivity index (χ3n) is 3.76. The van der Waals surface area contributed by atoms with Crippen LogP contribution in [0.2, 0.25) is 0 Å². The number of hydrogen-bond acceptors (Lipinski definition) is 4. The first-order valence-corrected chi connectivity index (χ1v) is 9.01. The van der Waals surface area contributed by atoms with Crippen molar-refractivity contribution in [3.05, 3.63) is 24.3 Å². The van der Waals surface area contributed by atoms with Crippen LogP contribution < -0.4 is 14.2 Å². The van der Waals surface area contributed by atoms with E-state index < -0.39 is 10.2 Å². The summed E-state index contributed by atoms with van der Waals surface area (Å²) in [4.78, 5) is 0. The molecule has 1 aliphatic heterocycles. The summed E-state index contributed by atoms with van der Waals surface area (Å²) in [6.07, 6.45) is 2.92. The van der Waals surface area contributed by atoms with Crippen LogP contribution in [0.4, 0.5) is 0 Å². The van der Waals surface area contributed by atoms with Crippen LogP contribution >= 0.6 is 0 Å². The molecule has 0 spiro atoms. The maximum Gasteiger partial charge on any atom is 0.279 e. The van der Waals surface area contributed by atoms with Crippen molar-refractivity contribution in [2.75, 3.05) is 26.8 Å². The molecule has 1 atom stereocenters. The van der Waals surface area contributed by atoms with E-state index >= 15 is 0 Å². The Balaban J connectivity index is 1.82. The standard InChI is InChI=1S/C15H24N2O4S/c1-13-7-5-6-11-17(13)22(18,19)16-10-12-21-15-9-4-3-8-14(15)20-2/h3-4,8-9,13,16H,5-7,10-12H2,1-2H3. The van der Waals surface area contributed by atoms with Gasteiger partial charge in [0.1, 0.15) is 6.61 Å². The average molecular weight is 328 g/mol. The molecule has 1 aliphatic rings. The van der Waals surface area contributed by atoms with Crippen LogP contribution in [0.5, 0.6) is 11.5 Å². The molecule has 1 aromatic rings. The molecule has 1 aromatic carbocycles. The van der Waals surface area contributed by atoms with E-state index in [1.54, 1.807) is 23.5 Å². The van der Waals surface area contributed by atoms with Crippen LogP contribution in [-0.4, -0.2) is 45.6 Å². The first-order chi connectivity index (χ1) is 10.5. The summed E-state index contributed by atoms with van der Waals surface area (Å²) in [5.74, 6) is 1.24. The molecule has 1 heterocycles. The van der Waals surface area contributed by atoms with E-state index in [1.165, 1.54) is 0 Å². The summed E-state index contributed by atoms with van der Waals surface area (Å²) in [6.45, 7) is 3.01. The molecule has 1 saturated heterocycles. The van der Waals surface area contributed by atoms with Gasteiger partial charge in [-0.15, -0.1) is 0 Å². The van der Waals surface area contributed by atoms with E-state index in [0.29, 0.717) is 18.0 Å². The Morgan fingerprint density at radius 1 is 1.27 bits per heavy atom. The first kappa shape index (κ1) is 17.1. The monoisotopic (exact) mass is 328 g/mol. The van der Waals surface area contributed by atoms with Crippen molar-refractivity contribution < 1.29 is 17.9 Å². The number of ether oxygens (including phenoxy) is 2. The summed E-state index contributed by atoms with van der Waals surface area (Å²) in [7, 11) is -1.86. The lowest BCUT2D eigenvalue weighted by molar-refractivity contribution is 0.261. The number of nitrogens with one attached hydrogen (secondary N) is 1. The zero-order valence-electron chi connectivity index (χ0n) is 13.1. The van der Waals surface area contributed by atoms with Gasteiger partial charge in [0, 0.05) is 19.1 Å². The number of benzene rings is 1. The molecule has 0 aliphatic carbocycles. The number of piperidine rings is 1. The van der Waals surface area contributed by atoms with Crippen molar-refractivity contribution in [1.29, 1.82) is 0 Å². The third-order valence-corrected chi connectivity index (χ3v) is 5.49. The van der Waals surface area contributed by atoms with Gasteiger partial charge in [0.2, 0.25) is 0 Å². The van der Waals surface area contributed by atoms with Crippen LogP contribution in [0.3, 0.4) is 0 Å². The SMILES string of the molecule is COc1ccccc1OCCNS(=O)(=O)N1CCCCC1C. The van der Waals surface area contributed by atoms with Gasteiger partial charge >= 0.3 is 0 Å². The Bertz CT molecular complexity index is 577. The first-order valence-electron chi connectivity index (χ1n) is 7.57. The summed E-state index contributed by atoms with van der Waals surface area (Å²) in [5, 5.41) is 0. The molecule has 6 nitrogen and oxygen atoms in total. The summed E-state index contributed by atoms with van der Waals surface area (Å²) >= 11 is 0. The van der Waals surface area contributed by atoms with Crippen molar-refractivity contribution >= 4 is 10.2 Å². The molecule has 1 unspecified atom stereocenters. The molecular formula is C15H24N2O4S. The minimum atomic E-state index is -3.43. The van der Waals surface area contributed by atoms with Crippen molar-refractivity contribution in [3.63, 3.8) is 0 Å². The molecule has 2 rings (SSSR count). The fourth-order valence-electron chi connectivity index (χ4n) is 2.58. The van der Waals surface area contributed by atoms with Crippen molar-refractivity contribution in [1.82, 2.24) is 9.03 Å². The number of hydrogen-bond donors (Lipinski definition) is 1. The van der Waals surface area contributed by atoms with Crippen LogP contribution in [0, 0.1) is 0 Å². The van der Waals surface area contributed by atoms with Gasteiger partial charge in [-0.05, 0) is 31.9 Å². The third kappa shape index (κ3) is 4.34. The highest BCUT2D eigenvalue weighted by atomic mass is 32.2. The summed E-state index contributed by atoms with van der Waals surface area (Å²) in [6, 6.07) is 7.35. The van der Waals surface area contributed by atoms with Crippen LogP contribution in [-0.2, 0) is 10.2 Å². The Labute approximate surface area is 132 Å². The van der Waals surface area contributed by atoms with Gasteiger partial charge in [-0.2, -0.15) is 17.4 Å². The van der Waals surface area contributed by atoms with Crippen molar-refractivity contribution in [3.8, 4) is 11.5 Å². The van der Waals surface area contributed by atoms with Crippen molar-refractivity contribution in [2.24, 2.45) is 0 Å². The Hall–Kier alpha value is -1.31. The molecule has 0 saturated carbocycles. The largest absolute Gasteiger partial charge is 0.493 e.